The lowest BCUT2D eigenvalue weighted by Gasteiger charge is -2.33. The summed E-state index contributed by atoms with van der Waals surface area (Å²) in [6.07, 6.45) is 0. The summed E-state index contributed by atoms with van der Waals surface area (Å²) in [5.41, 5.74) is 9.28. The first-order valence-electron chi connectivity index (χ1n) is 6.46. The molecule has 0 saturated carbocycles. The van der Waals surface area contributed by atoms with Crippen LogP contribution in [0.4, 0.5) is 0 Å². The Bertz CT molecular complexity index is 456. The van der Waals surface area contributed by atoms with Crippen LogP contribution in [0.5, 0.6) is 11.5 Å². The molecule has 1 rings (SSSR count). The number of ether oxygens (including phenoxy) is 2. The highest BCUT2D eigenvalue weighted by atomic mass is 16.5. The summed E-state index contributed by atoms with van der Waals surface area (Å²) in [6.45, 7) is 8.19. The van der Waals surface area contributed by atoms with Gasteiger partial charge in [0.25, 0.3) is 0 Å². The van der Waals surface area contributed by atoms with Gasteiger partial charge in [-0.05, 0) is 51.9 Å². The molecule has 4 heteroatoms. The minimum atomic E-state index is -0.236. The molecule has 0 heterocycles. The Morgan fingerprint density at radius 1 is 1.16 bits per heavy atom. The van der Waals surface area contributed by atoms with Crippen molar-refractivity contribution in [2.75, 3.05) is 21.3 Å². The molecule has 1 aromatic rings. The number of hydrogen-bond acceptors (Lipinski definition) is 4. The van der Waals surface area contributed by atoms with E-state index in [0.29, 0.717) is 0 Å². The second kappa shape index (κ2) is 5.80. The van der Waals surface area contributed by atoms with Crippen LogP contribution >= 0.6 is 0 Å². The summed E-state index contributed by atoms with van der Waals surface area (Å²) >= 11 is 0. The summed E-state index contributed by atoms with van der Waals surface area (Å²) < 4.78 is 11.0. The lowest BCUT2D eigenvalue weighted by atomic mass is 9.87. The van der Waals surface area contributed by atoms with Gasteiger partial charge >= 0.3 is 0 Å². The van der Waals surface area contributed by atoms with E-state index in [0.717, 1.165) is 28.2 Å². The molecule has 0 bridgehead atoms. The van der Waals surface area contributed by atoms with E-state index in [9.17, 15) is 0 Å². The zero-order valence-corrected chi connectivity index (χ0v) is 13.0. The van der Waals surface area contributed by atoms with Crippen molar-refractivity contribution >= 4 is 0 Å². The van der Waals surface area contributed by atoms with Crippen molar-refractivity contribution in [2.24, 2.45) is 5.73 Å². The van der Waals surface area contributed by atoms with Gasteiger partial charge in [0, 0.05) is 11.1 Å². The first kappa shape index (κ1) is 15.8. The molecule has 0 aliphatic rings. The fourth-order valence-corrected chi connectivity index (χ4v) is 2.14. The second-order valence-electron chi connectivity index (χ2n) is 5.40. The molecule has 108 valence electrons. The van der Waals surface area contributed by atoms with Gasteiger partial charge in [-0.15, -0.1) is 0 Å². The number of benzene rings is 1. The van der Waals surface area contributed by atoms with Gasteiger partial charge in [-0.25, -0.2) is 0 Å². The summed E-state index contributed by atoms with van der Waals surface area (Å²) in [5.74, 6) is 1.68. The maximum Gasteiger partial charge on any atom is 0.127 e. The summed E-state index contributed by atoms with van der Waals surface area (Å²) in [7, 11) is 5.26. The molecule has 0 aliphatic heterocycles. The fraction of sp³-hybridized carbons (Fsp3) is 0.600. The van der Waals surface area contributed by atoms with Crippen LogP contribution in [0.1, 0.15) is 36.6 Å². The Hall–Kier alpha value is -1.26. The third kappa shape index (κ3) is 2.85. The van der Waals surface area contributed by atoms with Crippen molar-refractivity contribution < 1.29 is 9.47 Å². The van der Waals surface area contributed by atoms with E-state index in [1.54, 1.807) is 14.2 Å². The summed E-state index contributed by atoms with van der Waals surface area (Å²) in [5, 5.41) is 3.24. The SMILES string of the molecule is CNC(C)(C)C(N)c1cc(OC)c(C)c(C)c1OC. The predicted octanol–water partition coefficient (Wildman–Crippen LogP) is 2.32. The Morgan fingerprint density at radius 3 is 2.16 bits per heavy atom. The van der Waals surface area contributed by atoms with E-state index < -0.39 is 0 Å². The molecule has 0 amide bonds. The van der Waals surface area contributed by atoms with E-state index in [2.05, 4.69) is 19.2 Å². The average Bonchev–Trinajstić information content (AvgIpc) is 2.40. The molecule has 0 aromatic heterocycles. The summed E-state index contributed by atoms with van der Waals surface area (Å²) in [4.78, 5) is 0. The van der Waals surface area contributed by atoms with E-state index in [-0.39, 0.29) is 11.6 Å². The maximum absolute atomic E-state index is 6.40. The molecule has 0 spiro atoms. The third-order valence-electron chi connectivity index (χ3n) is 4.00. The van der Waals surface area contributed by atoms with Crippen LogP contribution < -0.4 is 20.5 Å². The molecule has 0 saturated heterocycles. The van der Waals surface area contributed by atoms with Gasteiger partial charge in [-0.3, -0.25) is 0 Å². The molecule has 0 aliphatic carbocycles. The number of methoxy groups -OCH3 is 2. The van der Waals surface area contributed by atoms with Gasteiger partial charge in [0.2, 0.25) is 0 Å². The normalized spacial score (nSPS) is 13.3. The molecule has 3 N–H and O–H groups in total. The number of likely N-dealkylation sites (N-methyl/N-ethyl adjacent to an activating group) is 1. The monoisotopic (exact) mass is 266 g/mol. The van der Waals surface area contributed by atoms with E-state index in [1.807, 2.05) is 27.0 Å². The zero-order valence-electron chi connectivity index (χ0n) is 13.0. The van der Waals surface area contributed by atoms with Crippen molar-refractivity contribution in [3.63, 3.8) is 0 Å². The van der Waals surface area contributed by atoms with E-state index in [4.69, 9.17) is 15.2 Å². The quantitative estimate of drug-likeness (QED) is 0.858. The molecule has 19 heavy (non-hydrogen) atoms. The van der Waals surface area contributed by atoms with Gasteiger partial charge < -0.3 is 20.5 Å². The highest BCUT2D eigenvalue weighted by molar-refractivity contribution is 5.54. The highest BCUT2D eigenvalue weighted by Gasteiger charge is 2.30. The lowest BCUT2D eigenvalue weighted by Crippen LogP contribution is -2.46. The first-order valence-corrected chi connectivity index (χ1v) is 6.46. The van der Waals surface area contributed by atoms with Crippen LogP contribution in [-0.2, 0) is 0 Å². The first-order chi connectivity index (χ1) is 8.80. The minimum absolute atomic E-state index is 0.194. The van der Waals surface area contributed by atoms with Gasteiger partial charge in [0.1, 0.15) is 11.5 Å². The Balaban J connectivity index is 3.46. The minimum Gasteiger partial charge on any atom is -0.496 e. The molecule has 0 radical (unpaired) electrons. The maximum atomic E-state index is 6.40. The Labute approximate surface area is 116 Å². The average molecular weight is 266 g/mol. The topological polar surface area (TPSA) is 56.5 Å². The molecule has 0 fully saturated rings. The number of nitrogens with two attached hydrogens (primary N) is 1. The molecule has 4 nitrogen and oxygen atoms in total. The number of rotatable bonds is 5. The Morgan fingerprint density at radius 2 is 1.74 bits per heavy atom. The number of hydrogen-bond donors (Lipinski definition) is 2. The van der Waals surface area contributed by atoms with Gasteiger partial charge in [0.05, 0.1) is 20.3 Å². The van der Waals surface area contributed by atoms with Crippen LogP contribution in [0.25, 0.3) is 0 Å². The van der Waals surface area contributed by atoms with Crippen molar-refractivity contribution in [1.82, 2.24) is 5.32 Å². The number of nitrogens with one attached hydrogen (secondary N) is 1. The zero-order chi connectivity index (χ0) is 14.8. The molecule has 1 aromatic carbocycles. The van der Waals surface area contributed by atoms with Crippen LogP contribution in [0, 0.1) is 13.8 Å². The van der Waals surface area contributed by atoms with Crippen LogP contribution in [-0.4, -0.2) is 26.8 Å². The van der Waals surface area contributed by atoms with Gasteiger partial charge in [-0.2, -0.15) is 0 Å². The standard InChI is InChI=1S/C15H26N2O2/c1-9-10(2)13(19-7)11(8-12(9)18-6)14(16)15(3,4)17-5/h8,14,17H,16H2,1-7H3. The fourth-order valence-electron chi connectivity index (χ4n) is 2.14. The molecule has 1 unspecified atom stereocenters. The Kier molecular flexibility index (Phi) is 4.82. The third-order valence-corrected chi connectivity index (χ3v) is 4.00. The molecular formula is C15H26N2O2. The largest absolute Gasteiger partial charge is 0.496 e. The van der Waals surface area contributed by atoms with E-state index >= 15 is 0 Å². The van der Waals surface area contributed by atoms with Crippen LogP contribution in [0.3, 0.4) is 0 Å². The van der Waals surface area contributed by atoms with Crippen molar-refractivity contribution in [2.45, 2.75) is 39.3 Å². The second-order valence-corrected chi connectivity index (χ2v) is 5.40. The van der Waals surface area contributed by atoms with E-state index in [1.165, 1.54) is 0 Å². The predicted molar refractivity (Wildman–Crippen MR) is 79.1 cm³/mol. The lowest BCUT2D eigenvalue weighted by molar-refractivity contribution is 0.330. The highest BCUT2D eigenvalue weighted by Crippen LogP contribution is 2.38. The molecular weight excluding hydrogens is 240 g/mol. The van der Waals surface area contributed by atoms with Crippen molar-refractivity contribution in [3.05, 3.63) is 22.8 Å². The smallest absolute Gasteiger partial charge is 0.127 e. The van der Waals surface area contributed by atoms with Crippen molar-refractivity contribution in [3.8, 4) is 11.5 Å². The van der Waals surface area contributed by atoms with Gasteiger partial charge in [-0.1, -0.05) is 0 Å². The van der Waals surface area contributed by atoms with Gasteiger partial charge in [0.15, 0.2) is 0 Å². The van der Waals surface area contributed by atoms with Crippen LogP contribution in [0.15, 0.2) is 6.07 Å². The molecule has 1 atom stereocenters. The van der Waals surface area contributed by atoms with Crippen LogP contribution in [0.2, 0.25) is 0 Å². The van der Waals surface area contributed by atoms with Crippen molar-refractivity contribution in [1.29, 1.82) is 0 Å². The summed E-state index contributed by atoms with van der Waals surface area (Å²) in [6, 6.07) is 1.78.